The average Bonchev–Trinajstić information content (AvgIpc) is 2.95. The summed E-state index contributed by atoms with van der Waals surface area (Å²) in [5, 5.41) is 10.4. The van der Waals surface area contributed by atoms with E-state index in [-0.39, 0.29) is 17.9 Å². The number of carbonyl (C=O) groups excluding carboxylic acids is 2. The molecule has 2 N–H and O–H groups in total. The third kappa shape index (κ3) is 4.10. The molecule has 0 spiro atoms. The summed E-state index contributed by atoms with van der Waals surface area (Å²) < 4.78 is 1.74. The Hall–Kier alpha value is -2.34. The highest BCUT2D eigenvalue weighted by Gasteiger charge is 2.20. The van der Waals surface area contributed by atoms with E-state index in [2.05, 4.69) is 15.7 Å². The molecule has 0 radical (unpaired) electrons. The molecule has 0 bridgehead atoms. The molecule has 7 heteroatoms. The number of rotatable bonds is 4. The fraction of sp³-hybridized carbons (Fsp3) is 0.312. The molecule has 120 valence electrons. The van der Waals surface area contributed by atoms with Gasteiger partial charge < -0.3 is 10.6 Å². The average molecular weight is 333 g/mol. The van der Waals surface area contributed by atoms with E-state index in [4.69, 9.17) is 11.6 Å². The van der Waals surface area contributed by atoms with Gasteiger partial charge in [0.15, 0.2) is 0 Å². The summed E-state index contributed by atoms with van der Waals surface area (Å²) in [6, 6.07) is 7.36. The van der Waals surface area contributed by atoms with Crippen molar-refractivity contribution in [2.45, 2.75) is 25.4 Å². The Bertz CT molecular complexity index is 701. The fourth-order valence-corrected chi connectivity index (χ4v) is 2.65. The Labute approximate surface area is 138 Å². The van der Waals surface area contributed by atoms with Crippen LogP contribution in [0.5, 0.6) is 0 Å². The lowest BCUT2D eigenvalue weighted by Gasteiger charge is -2.23. The first kappa shape index (κ1) is 15.6. The highest BCUT2D eigenvalue weighted by Crippen LogP contribution is 2.10. The summed E-state index contributed by atoms with van der Waals surface area (Å²) in [4.78, 5) is 23.3. The largest absolute Gasteiger partial charge is 0.354 e. The van der Waals surface area contributed by atoms with Crippen molar-refractivity contribution < 1.29 is 9.59 Å². The van der Waals surface area contributed by atoms with Crippen LogP contribution in [0.3, 0.4) is 0 Å². The lowest BCUT2D eigenvalue weighted by molar-refractivity contribution is -0.122. The third-order valence-corrected chi connectivity index (χ3v) is 3.96. The Kier molecular flexibility index (Phi) is 4.62. The molecule has 1 saturated heterocycles. The molecule has 1 aliphatic heterocycles. The smallest absolute Gasteiger partial charge is 0.251 e. The monoisotopic (exact) mass is 332 g/mol. The first-order valence-electron chi connectivity index (χ1n) is 7.44. The first-order chi connectivity index (χ1) is 11.1. The van der Waals surface area contributed by atoms with Crippen molar-refractivity contribution in [2.24, 2.45) is 0 Å². The van der Waals surface area contributed by atoms with Gasteiger partial charge in [0.25, 0.3) is 5.91 Å². The molecule has 23 heavy (non-hydrogen) atoms. The van der Waals surface area contributed by atoms with Crippen LogP contribution in [0.15, 0.2) is 36.7 Å². The molecule has 2 heterocycles. The molecule has 1 unspecified atom stereocenters. The number of nitrogens with zero attached hydrogens (tertiary/aromatic N) is 2. The van der Waals surface area contributed by atoms with E-state index in [1.807, 2.05) is 12.1 Å². The van der Waals surface area contributed by atoms with Crippen molar-refractivity contribution >= 4 is 23.4 Å². The van der Waals surface area contributed by atoms with E-state index >= 15 is 0 Å². The van der Waals surface area contributed by atoms with Gasteiger partial charge in [-0.25, -0.2) is 0 Å². The van der Waals surface area contributed by atoms with Gasteiger partial charge in [0.05, 0.1) is 17.8 Å². The van der Waals surface area contributed by atoms with E-state index in [0.717, 1.165) is 5.56 Å². The van der Waals surface area contributed by atoms with Gasteiger partial charge in [-0.1, -0.05) is 23.7 Å². The molecule has 6 nitrogen and oxygen atoms in total. The molecular weight excluding hydrogens is 316 g/mol. The molecule has 0 aliphatic carbocycles. The number of nitrogens with one attached hydrogen (secondary N) is 2. The van der Waals surface area contributed by atoms with Crippen molar-refractivity contribution in [3.05, 3.63) is 52.8 Å². The van der Waals surface area contributed by atoms with Crippen LogP contribution in [0.4, 0.5) is 0 Å². The minimum atomic E-state index is -0.125. The molecule has 2 aromatic rings. The number of piperidine rings is 1. The van der Waals surface area contributed by atoms with Gasteiger partial charge >= 0.3 is 0 Å². The molecular formula is C16H17ClN4O2. The number of hydrogen-bond acceptors (Lipinski definition) is 3. The van der Waals surface area contributed by atoms with Gasteiger partial charge in [-0.15, -0.1) is 0 Å². The van der Waals surface area contributed by atoms with Gasteiger partial charge in [-0.05, 0) is 24.1 Å². The highest BCUT2D eigenvalue weighted by molar-refractivity contribution is 6.30. The predicted molar refractivity (Wildman–Crippen MR) is 86.3 cm³/mol. The second kappa shape index (κ2) is 6.83. The minimum absolute atomic E-state index is 0.00825. The summed E-state index contributed by atoms with van der Waals surface area (Å²) in [5.74, 6) is -0.0848. The molecule has 0 saturated carbocycles. The van der Waals surface area contributed by atoms with Crippen LogP contribution >= 0.6 is 11.6 Å². The van der Waals surface area contributed by atoms with Gasteiger partial charge in [0, 0.05) is 30.8 Å². The zero-order valence-corrected chi connectivity index (χ0v) is 13.2. The molecule has 2 amide bonds. The van der Waals surface area contributed by atoms with Crippen LogP contribution < -0.4 is 10.6 Å². The maximum Gasteiger partial charge on any atom is 0.251 e. The van der Waals surface area contributed by atoms with Crippen LogP contribution in [-0.4, -0.2) is 34.2 Å². The van der Waals surface area contributed by atoms with Crippen LogP contribution in [-0.2, 0) is 11.3 Å². The van der Waals surface area contributed by atoms with Crippen molar-refractivity contribution in [1.82, 2.24) is 20.4 Å². The first-order valence-corrected chi connectivity index (χ1v) is 7.82. The third-order valence-electron chi connectivity index (χ3n) is 3.76. The summed E-state index contributed by atoms with van der Waals surface area (Å²) in [6.07, 6.45) is 4.47. The van der Waals surface area contributed by atoms with Gasteiger partial charge in [0.1, 0.15) is 0 Å². The molecule has 1 aromatic heterocycles. The maximum atomic E-state index is 12.2. The second-order valence-corrected chi connectivity index (χ2v) is 6.00. The number of carbonyl (C=O) groups is 2. The van der Waals surface area contributed by atoms with E-state index in [0.29, 0.717) is 36.5 Å². The lowest BCUT2D eigenvalue weighted by Crippen LogP contribution is -2.47. The molecule has 1 aliphatic rings. The van der Waals surface area contributed by atoms with Crippen LogP contribution in [0.25, 0.3) is 0 Å². The Balaban J connectivity index is 1.58. The van der Waals surface area contributed by atoms with Gasteiger partial charge in [-0.2, -0.15) is 5.10 Å². The van der Waals surface area contributed by atoms with Crippen molar-refractivity contribution in [2.75, 3.05) is 6.54 Å². The Morgan fingerprint density at radius 2 is 2.17 bits per heavy atom. The maximum absolute atomic E-state index is 12.2. The number of aromatic nitrogens is 2. The summed E-state index contributed by atoms with van der Waals surface area (Å²) in [6.45, 7) is 1.09. The van der Waals surface area contributed by atoms with Gasteiger partial charge in [0.2, 0.25) is 5.91 Å². The van der Waals surface area contributed by atoms with E-state index < -0.39 is 0 Å². The minimum Gasteiger partial charge on any atom is -0.354 e. The fourth-order valence-electron chi connectivity index (χ4n) is 2.50. The van der Waals surface area contributed by atoms with E-state index in [1.165, 1.54) is 0 Å². The van der Waals surface area contributed by atoms with E-state index in [9.17, 15) is 9.59 Å². The van der Waals surface area contributed by atoms with Crippen molar-refractivity contribution in [3.8, 4) is 0 Å². The highest BCUT2D eigenvalue weighted by atomic mass is 35.5. The standard InChI is InChI=1S/C16H17ClN4O2/c17-13-7-19-21(10-13)9-11-1-3-12(4-2-11)16(23)20-14-5-6-15(22)18-8-14/h1-4,7,10,14H,5-6,8-9H2,(H,18,22)(H,20,23). The number of benzene rings is 1. The SMILES string of the molecule is O=C1CCC(NC(=O)c2ccc(Cn3cc(Cl)cn3)cc2)CN1. The Morgan fingerprint density at radius 3 is 2.78 bits per heavy atom. The molecule has 1 atom stereocenters. The molecule has 3 rings (SSSR count). The molecule has 1 aromatic carbocycles. The second-order valence-electron chi connectivity index (χ2n) is 5.57. The van der Waals surface area contributed by atoms with Crippen LogP contribution in [0, 0.1) is 0 Å². The topological polar surface area (TPSA) is 76.0 Å². The van der Waals surface area contributed by atoms with E-state index in [1.54, 1.807) is 29.2 Å². The Morgan fingerprint density at radius 1 is 1.39 bits per heavy atom. The van der Waals surface area contributed by atoms with Crippen molar-refractivity contribution in [1.29, 1.82) is 0 Å². The predicted octanol–water partition coefficient (Wildman–Crippen LogP) is 1.59. The summed E-state index contributed by atoms with van der Waals surface area (Å²) >= 11 is 5.83. The molecule has 1 fully saturated rings. The van der Waals surface area contributed by atoms with Crippen LogP contribution in [0.1, 0.15) is 28.8 Å². The van der Waals surface area contributed by atoms with Gasteiger partial charge in [-0.3, -0.25) is 14.3 Å². The zero-order chi connectivity index (χ0) is 16.2. The lowest BCUT2D eigenvalue weighted by atomic mass is 10.1. The number of halogens is 1. The summed E-state index contributed by atoms with van der Waals surface area (Å²) in [5.41, 5.74) is 1.63. The number of hydrogen-bond donors (Lipinski definition) is 2. The quantitative estimate of drug-likeness (QED) is 0.892. The van der Waals surface area contributed by atoms with Crippen molar-refractivity contribution in [3.63, 3.8) is 0 Å². The summed E-state index contributed by atoms with van der Waals surface area (Å²) in [7, 11) is 0. The normalized spacial score (nSPS) is 17.6. The number of amides is 2. The van der Waals surface area contributed by atoms with Crippen LogP contribution in [0.2, 0.25) is 5.02 Å². The zero-order valence-electron chi connectivity index (χ0n) is 12.5.